The average molecular weight is 643 g/mol. The Morgan fingerprint density at radius 1 is 1.04 bits per heavy atom. The smallest absolute Gasteiger partial charge is 0.329 e. The van der Waals surface area contributed by atoms with Gasteiger partial charge >= 0.3 is 12.0 Å². The lowest BCUT2D eigenvalue weighted by Gasteiger charge is -2.33. The number of nitrogens with one attached hydrogen (secondary N) is 4. The molecule has 12 nitrogen and oxygen atoms in total. The molecule has 0 aliphatic carbocycles. The molecular formula is C32H46N6O6S. The molecule has 2 aromatic carbocycles. The van der Waals surface area contributed by atoms with Crippen LogP contribution >= 0.6 is 0 Å². The maximum atomic E-state index is 13.5. The zero-order chi connectivity index (χ0) is 32.9. The molecule has 0 radical (unpaired) electrons. The van der Waals surface area contributed by atoms with Crippen LogP contribution in [0.4, 0.5) is 4.79 Å². The summed E-state index contributed by atoms with van der Waals surface area (Å²) in [6, 6.07) is 8.05. The van der Waals surface area contributed by atoms with Gasteiger partial charge in [0.15, 0.2) is 0 Å². The molecule has 0 spiro atoms. The molecule has 246 valence electrons. The van der Waals surface area contributed by atoms with Crippen LogP contribution in [0.5, 0.6) is 5.75 Å². The number of urea groups is 1. The highest BCUT2D eigenvalue weighted by Crippen LogP contribution is 2.43. The first-order chi connectivity index (χ1) is 21.2. The van der Waals surface area contributed by atoms with Crippen molar-refractivity contribution in [2.24, 2.45) is 0 Å². The number of carbonyl (C=O) groups excluding carboxylic acids is 2. The highest BCUT2D eigenvalue weighted by molar-refractivity contribution is 7.90. The molecule has 45 heavy (non-hydrogen) atoms. The number of sulfonamides is 1. The van der Waals surface area contributed by atoms with Crippen molar-refractivity contribution in [1.82, 2.24) is 25.2 Å². The monoisotopic (exact) mass is 642 g/mol. The Balaban J connectivity index is 1.35. The van der Waals surface area contributed by atoms with Gasteiger partial charge in [-0.2, -0.15) is 0 Å². The lowest BCUT2D eigenvalue weighted by molar-refractivity contribution is -0.147. The number of fused-ring (bicyclic) bond motifs is 1. The molecule has 0 unspecified atom stereocenters. The first kappa shape index (κ1) is 34.0. The van der Waals surface area contributed by atoms with E-state index >= 15 is 0 Å². The summed E-state index contributed by atoms with van der Waals surface area (Å²) in [5, 5.41) is 13.9. The number of likely N-dealkylation sites (N-methyl/N-ethyl adjacent to an activating group) is 1. The van der Waals surface area contributed by atoms with E-state index in [1.807, 2.05) is 58.2 Å². The molecule has 2 aliphatic rings. The van der Waals surface area contributed by atoms with E-state index in [0.29, 0.717) is 37.1 Å². The van der Waals surface area contributed by atoms with E-state index in [2.05, 4.69) is 20.3 Å². The first-order valence-electron chi connectivity index (χ1n) is 15.3. The maximum Gasteiger partial charge on any atom is 0.329 e. The van der Waals surface area contributed by atoms with E-state index in [1.54, 1.807) is 18.7 Å². The van der Waals surface area contributed by atoms with Gasteiger partial charge in [-0.1, -0.05) is 30.3 Å². The fraction of sp³-hybridized carbons (Fsp3) is 0.531. The lowest BCUT2D eigenvalue weighted by Crippen LogP contribution is -2.54. The summed E-state index contributed by atoms with van der Waals surface area (Å²) >= 11 is 0. The topological polar surface area (TPSA) is 153 Å². The zero-order valence-electron chi connectivity index (χ0n) is 27.1. The second-order valence-electron chi connectivity index (χ2n) is 12.5. The maximum absolute atomic E-state index is 13.5. The molecular weight excluding hydrogens is 596 g/mol. The molecule has 4 N–H and O–H groups in total. The summed E-state index contributed by atoms with van der Waals surface area (Å²) < 4.78 is 40.9. The van der Waals surface area contributed by atoms with Crippen LogP contribution in [0.2, 0.25) is 0 Å². The molecule has 1 fully saturated rings. The van der Waals surface area contributed by atoms with E-state index < -0.39 is 27.6 Å². The molecule has 0 bridgehead atoms. The minimum Gasteiger partial charge on any atom is -0.487 e. The van der Waals surface area contributed by atoms with Crippen LogP contribution in [0.1, 0.15) is 54.5 Å². The van der Waals surface area contributed by atoms with Gasteiger partial charge in [-0.15, -0.1) is 0 Å². The summed E-state index contributed by atoms with van der Waals surface area (Å²) in [6.07, 6.45) is 1.19. The number of nitrogens with zero attached hydrogens (tertiary/aromatic N) is 2. The van der Waals surface area contributed by atoms with Crippen molar-refractivity contribution in [3.05, 3.63) is 58.1 Å². The van der Waals surface area contributed by atoms with E-state index in [0.717, 1.165) is 35.5 Å². The van der Waals surface area contributed by atoms with Crippen LogP contribution in [0.25, 0.3) is 0 Å². The molecule has 1 atom stereocenters. The number of rotatable bonds is 10. The Bertz CT molecular complexity index is 1520. The number of hydrogen-bond donors (Lipinski definition) is 4. The third-order valence-electron chi connectivity index (χ3n) is 8.37. The third-order valence-corrected chi connectivity index (χ3v) is 9.99. The van der Waals surface area contributed by atoms with Gasteiger partial charge in [0.1, 0.15) is 24.0 Å². The van der Waals surface area contributed by atoms with Gasteiger partial charge < -0.3 is 29.9 Å². The molecule has 4 rings (SSSR count). The molecule has 0 aromatic heterocycles. The molecule has 0 saturated carbocycles. The third kappa shape index (κ3) is 8.46. The highest BCUT2D eigenvalue weighted by atomic mass is 32.2. The molecule has 2 heterocycles. The van der Waals surface area contributed by atoms with E-state index in [9.17, 15) is 18.0 Å². The first-order valence-corrected chi connectivity index (χ1v) is 16.8. The average Bonchev–Trinajstić information content (AvgIpc) is 3.32. The van der Waals surface area contributed by atoms with Gasteiger partial charge in [0.25, 0.3) is 10.0 Å². The van der Waals surface area contributed by atoms with Gasteiger partial charge in [0.2, 0.25) is 5.96 Å². The number of amides is 2. The fourth-order valence-corrected chi connectivity index (χ4v) is 7.24. The van der Waals surface area contributed by atoms with Gasteiger partial charge in [-0.3, -0.25) is 5.41 Å². The summed E-state index contributed by atoms with van der Waals surface area (Å²) in [5.74, 6) is -0.200. The summed E-state index contributed by atoms with van der Waals surface area (Å²) in [7, 11) is -2.07. The van der Waals surface area contributed by atoms with Crippen LogP contribution in [0.15, 0.2) is 35.2 Å². The predicted molar refractivity (Wildman–Crippen MR) is 172 cm³/mol. The Morgan fingerprint density at radius 2 is 1.71 bits per heavy atom. The quantitative estimate of drug-likeness (QED) is 0.134. The minimum absolute atomic E-state index is 0.0792. The molecule has 2 amide bonds. The van der Waals surface area contributed by atoms with E-state index in [-0.39, 0.29) is 36.5 Å². The van der Waals surface area contributed by atoms with Crippen molar-refractivity contribution < 1.29 is 27.5 Å². The molecule has 2 aliphatic heterocycles. The fourth-order valence-electron chi connectivity index (χ4n) is 5.72. The van der Waals surface area contributed by atoms with Gasteiger partial charge in [0.05, 0.1) is 4.90 Å². The van der Waals surface area contributed by atoms with E-state index in [4.69, 9.17) is 14.9 Å². The highest BCUT2D eigenvalue weighted by Gasteiger charge is 2.37. The van der Waals surface area contributed by atoms with Gasteiger partial charge in [0, 0.05) is 44.7 Å². The van der Waals surface area contributed by atoms with Gasteiger partial charge in [-0.05, 0) is 76.8 Å². The summed E-state index contributed by atoms with van der Waals surface area (Å²) in [6.45, 7) is 12.2. The van der Waals surface area contributed by atoms with Crippen LogP contribution < -0.4 is 20.1 Å². The number of ether oxygens (including phenoxy) is 2. The number of benzene rings is 2. The summed E-state index contributed by atoms with van der Waals surface area (Å²) in [4.78, 5) is 30.0. The van der Waals surface area contributed by atoms with Crippen molar-refractivity contribution in [3.63, 3.8) is 0 Å². The van der Waals surface area contributed by atoms with Crippen LogP contribution in [-0.2, 0) is 32.6 Å². The predicted octanol–water partition coefficient (Wildman–Crippen LogP) is 2.98. The second-order valence-corrected chi connectivity index (χ2v) is 14.1. The second kappa shape index (κ2) is 14.1. The normalized spacial score (nSPS) is 16.7. The largest absolute Gasteiger partial charge is 0.487 e. The molecule has 2 aromatic rings. The minimum atomic E-state index is -4.07. The standard InChI is InChI=1S/C32H46N6O6S/c1-21-22(2)28(23(3)25-19-32(4,5)44-27(21)25)45(41,42)36-30(33)34-14-10-13-26(29(39)43-20-24-11-8-7-9-12-24)35-31(40)38-17-15-37(6)16-18-38/h7-9,11-12,26H,10,13-20H2,1-6H3,(H,35,40)(H3,33,34,36)/t26-/m0/s1. The van der Waals surface area contributed by atoms with E-state index in [1.165, 1.54) is 0 Å². The lowest BCUT2D eigenvalue weighted by atomic mass is 9.94. The SMILES string of the molecule is Cc1c(C)c(S(=O)(=O)NC(=N)NCCC[C@H](NC(=O)N2CCN(C)CC2)C(=O)OCc2ccccc2)c(C)c2c1OC(C)(C)C2. The van der Waals surface area contributed by atoms with Crippen LogP contribution in [0, 0.1) is 26.2 Å². The van der Waals surface area contributed by atoms with Crippen LogP contribution in [0.3, 0.4) is 0 Å². The Labute approximate surface area is 266 Å². The summed E-state index contributed by atoms with van der Waals surface area (Å²) in [5.41, 5.74) is 3.24. The molecule has 1 saturated heterocycles. The van der Waals surface area contributed by atoms with Crippen molar-refractivity contribution in [3.8, 4) is 5.75 Å². The molecule has 13 heteroatoms. The number of carbonyl (C=O) groups is 2. The Hall–Kier alpha value is -3.84. The van der Waals surface area contributed by atoms with Crippen LogP contribution in [-0.4, -0.2) is 87.6 Å². The van der Waals surface area contributed by atoms with Crippen molar-refractivity contribution in [1.29, 1.82) is 5.41 Å². The Morgan fingerprint density at radius 3 is 2.38 bits per heavy atom. The number of esters is 1. The number of hydrogen-bond acceptors (Lipinski definition) is 8. The number of piperazine rings is 1. The zero-order valence-corrected chi connectivity index (χ0v) is 27.9. The van der Waals surface area contributed by atoms with Crippen molar-refractivity contribution in [2.75, 3.05) is 39.8 Å². The van der Waals surface area contributed by atoms with Crippen molar-refractivity contribution >= 4 is 28.0 Å². The van der Waals surface area contributed by atoms with Crippen molar-refractivity contribution in [2.45, 2.75) is 77.0 Å². The van der Waals surface area contributed by atoms with Gasteiger partial charge in [-0.25, -0.2) is 22.7 Å². The number of guanidine groups is 1. The Kier molecular flexibility index (Phi) is 10.6.